The van der Waals surface area contributed by atoms with E-state index in [9.17, 15) is 10.1 Å². The summed E-state index contributed by atoms with van der Waals surface area (Å²) in [5, 5.41) is 15.2. The summed E-state index contributed by atoms with van der Waals surface area (Å²) in [5.41, 5.74) is 6.30. The maximum absolute atomic E-state index is 12.7. The van der Waals surface area contributed by atoms with Crippen molar-refractivity contribution in [3.05, 3.63) is 110 Å². The Morgan fingerprint density at radius 3 is 2.58 bits per heavy atom. The number of ether oxygens (including phenoxy) is 1. The number of hydrogen-bond acceptors (Lipinski definition) is 6. The number of aromatic nitrogens is 5. The van der Waals surface area contributed by atoms with Crippen LogP contribution in [0.1, 0.15) is 39.5 Å². The van der Waals surface area contributed by atoms with E-state index in [1.54, 1.807) is 18.3 Å². The van der Waals surface area contributed by atoms with Gasteiger partial charge in [0.2, 0.25) is 0 Å². The molecular formula is C29H25ClN6O2. The molecule has 0 saturated heterocycles. The zero-order valence-electron chi connectivity index (χ0n) is 21.5. The number of para-hydroxylation sites is 1. The van der Waals surface area contributed by atoms with Gasteiger partial charge >= 0.3 is 0 Å². The fraction of sp³-hybridized carbons (Fsp3) is 0.207. The molecule has 0 aliphatic rings. The predicted octanol–water partition coefficient (Wildman–Crippen LogP) is 5.36. The zero-order chi connectivity index (χ0) is 27.0. The zero-order valence-corrected chi connectivity index (χ0v) is 22.2. The molecule has 0 aliphatic carbocycles. The summed E-state index contributed by atoms with van der Waals surface area (Å²) in [5.74, 6) is 0.597. The van der Waals surface area contributed by atoms with E-state index in [0.29, 0.717) is 27.5 Å². The number of hydrogen-bond donors (Lipinski definition) is 0. The molecular weight excluding hydrogens is 500 g/mol. The molecule has 0 atom stereocenters. The lowest BCUT2D eigenvalue weighted by Crippen LogP contribution is -2.23. The van der Waals surface area contributed by atoms with Crippen LogP contribution in [-0.2, 0) is 13.2 Å². The monoisotopic (exact) mass is 524 g/mol. The van der Waals surface area contributed by atoms with Crippen LogP contribution in [0.15, 0.2) is 59.7 Å². The first-order chi connectivity index (χ1) is 18.3. The number of nitriles is 1. The first-order valence-electron chi connectivity index (χ1n) is 12.1. The molecule has 5 aromatic rings. The molecule has 0 amide bonds. The molecule has 9 heteroatoms. The molecule has 4 heterocycles. The molecule has 4 aromatic heterocycles. The Morgan fingerprint density at radius 2 is 1.84 bits per heavy atom. The van der Waals surface area contributed by atoms with Gasteiger partial charge in [-0.3, -0.25) is 9.78 Å². The second-order valence-electron chi connectivity index (χ2n) is 9.19. The van der Waals surface area contributed by atoms with Gasteiger partial charge in [0.1, 0.15) is 29.5 Å². The Labute approximate surface area is 224 Å². The van der Waals surface area contributed by atoms with E-state index >= 15 is 0 Å². The fourth-order valence-electron chi connectivity index (χ4n) is 4.42. The summed E-state index contributed by atoms with van der Waals surface area (Å²) >= 11 is 6.65. The second-order valence-corrected chi connectivity index (χ2v) is 9.59. The van der Waals surface area contributed by atoms with Crippen molar-refractivity contribution in [1.29, 1.82) is 5.26 Å². The summed E-state index contributed by atoms with van der Waals surface area (Å²) < 4.78 is 9.67. The fourth-order valence-corrected chi connectivity index (χ4v) is 4.74. The quantitative estimate of drug-likeness (QED) is 0.296. The summed E-state index contributed by atoms with van der Waals surface area (Å²) in [6.45, 7) is 8.13. The molecule has 0 unspecified atom stereocenters. The standard InChI is InChI=1S/C29H25ClN6O2/c1-17-14-32-36(20(17)4)26-12-19(3)34-28-22(26)8-5-9-27(28)38-16-23-24(30)11-18(2)33-25(23)15-35-10-6-7-21(13-31)29(35)37/h5-12,14H,15-16H2,1-4H3. The Balaban J connectivity index is 1.53. The van der Waals surface area contributed by atoms with Gasteiger partial charge in [0.05, 0.1) is 29.1 Å². The van der Waals surface area contributed by atoms with Gasteiger partial charge in [0.25, 0.3) is 5.56 Å². The van der Waals surface area contributed by atoms with E-state index < -0.39 is 0 Å². The van der Waals surface area contributed by atoms with Crippen LogP contribution in [0.25, 0.3) is 16.6 Å². The highest BCUT2D eigenvalue weighted by Gasteiger charge is 2.17. The molecule has 0 spiro atoms. The molecule has 0 bridgehead atoms. The average Bonchev–Trinajstić information content (AvgIpc) is 3.22. The number of fused-ring (bicyclic) bond motifs is 1. The minimum absolute atomic E-state index is 0.0691. The van der Waals surface area contributed by atoms with Crippen molar-refractivity contribution < 1.29 is 4.74 Å². The summed E-state index contributed by atoms with van der Waals surface area (Å²) in [6, 6.07) is 14.7. The number of benzene rings is 1. The number of halogens is 1. The highest BCUT2D eigenvalue weighted by atomic mass is 35.5. The first kappa shape index (κ1) is 25.2. The lowest BCUT2D eigenvalue weighted by molar-refractivity contribution is 0.307. The Hall–Kier alpha value is -4.48. The van der Waals surface area contributed by atoms with Gasteiger partial charge < -0.3 is 9.30 Å². The molecule has 0 N–H and O–H groups in total. The third-order valence-electron chi connectivity index (χ3n) is 6.51. The maximum Gasteiger partial charge on any atom is 0.268 e. The van der Waals surface area contributed by atoms with E-state index in [-0.39, 0.29) is 24.3 Å². The summed E-state index contributed by atoms with van der Waals surface area (Å²) in [7, 11) is 0. The van der Waals surface area contributed by atoms with E-state index in [2.05, 4.69) is 10.1 Å². The van der Waals surface area contributed by atoms with Crippen LogP contribution < -0.4 is 10.3 Å². The minimum Gasteiger partial charge on any atom is -0.486 e. The molecule has 1 aromatic carbocycles. The van der Waals surface area contributed by atoms with Crippen molar-refractivity contribution in [3.63, 3.8) is 0 Å². The number of pyridine rings is 3. The van der Waals surface area contributed by atoms with E-state index in [0.717, 1.165) is 33.7 Å². The van der Waals surface area contributed by atoms with Crippen LogP contribution in [0, 0.1) is 39.0 Å². The molecule has 0 fully saturated rings. The lowest BCUT2D eigenvalue weighted by atomic mass is 10.1. The van der Waals surface area contributed by atoms with E-state index in [1.807, 2.05) is 68.9 Å². The summed E-state index contributed by atoms with van der Waals surface area (Å²) in [6.07, 6.45) is 3.48. The van der Waals surface area contributed by atoms with Gasteiger partial charge in [-0.2, -0.15) is 10.4 Å². The van der Waals surface area contributed by atoms with E-state index in [1.165, 1.54) is 10.6 Å². The van der Waals surface area contributed by atoms with Gasteiger partial charge in [0, 0.05) is 34.2 Å². The van der Waals surface area contributed by atoms with Crippen LogP contribution in [0.4, 0.5) is 0 Å². The van der Waals surface area contributed by atoms with Crippen LogP contribution in [0.3, 0.4) is 0 Å². The van der Waals surface area contributed by atoms with Crippen molar-refractivity contribution in [2.45, 2.75) is 40.8 Å². The van der Waals surface area contributed by atoms with Crippen molar-refractivity contribution in [3.8, 4) is 17.5 Å². The molecule has 0 saturated carbocycles. The first-order valence-corrected chi connectivity index (χ1v) is 12.4. The largest absolute Gasteiger partial charge is 0.486 e. The van der Waals surface area contributed by atoms with Gasteiger partial charge in [-0.1, -0.05) is 23.7 Å². The maximum atomic E-state index is 12.7. The van der Waals surface area contributed by atoms with Crippen molar-refractivity contribution >= 4 is 22.5 Å². The number of nitrogens with zero attached hydrogens (tertiary/aromatic N) is 6. The number of aryl methyl sites for hydroxylation is 3. The van der Waals surface area contributed by atoms with Crippen molar-refractivity contribution in [2.75, 3.05) is 0 Å². The van der Waals surface area contributed by atoms with E-state index in [4.69, 9.17) is 21.3 Å². The molecule has 190 valence electrons. The Bertz CT molecular complexity index is 1800. The molecule has 0 aliphatic heterocycles. The smallest absolute Gasteiger partial charge is 0.268 e. The van der Waals surface area contributed by atoms with Gasteiger partial charge in [-0.15, -0.1) is 0 Å². The third kappa shape index (κ3) is 4.64. The topological polar surface area (TPSA) is 98.6 Å². The second kappa shape index (κ2) is 10.1. The van der Waals surface area contributed by atoms with Crippen molar-refractivity contribution in [2.24, 2.45) is 0 Å². The Kier molecular flexibility index (Phi) is 6.70. The van der Waals surface area contributed by atoms with Crippen LogP contribution >= 0.6 is 11.6 Å². The summed E-state index contributed by atoms with van der Waals surface area (Å²) in [4.78, 5) is 22.1. The molecule has 0 radical (unpaired) electrons. The van der Waals surface area contributed by atoms with Crippen LogP contribution in [0.2, 0.25) is 5.02 Å². The highest BCUT2D eigenvalue weighted by molar-refractivity contribution is 6.31. The minimum atomic E-state index is -0.383. The highest BCUT2D eigenvalue weighted by Crippen LogP contribution is 2.31. The lowest BCUT2D eigenvalue weighted by Gasteiger charge is -2.16. The SMILES string of the molecule is Cc1cc(Cl)c(COc2cccc3c(-n4ncc(C)c4C)cc(C)nc23)c(Cn2cccc(C#N)c2=O)n1. The average molecular weight is 525 g/mol. The molecule has 8 nitrogen and oxygen atoms in total. The van der Waals surface area contributed by atoms with Crippen LogP contribution in [0.5, 0.6) is 5.75 Å². The number of rotatable bonds is 6. The van der Waals surface area contributed by atoms with Crippen LogP contribution in [-0.4, -0.2) is 24.3 Å². The Morgan fingerprint density at radius 1 is 1.05 bits per heavy atom. The predicted molar refractivity (Wildman–Crippen MR) is 146 cm³/mol. The normalized spacial score (nSPS) is 11.1. The third-order valence-corrected chi connectivity index (χ3v) is 6.85. The molecule has 5 rings (SSSR count). The van der Waals surface area contributed by atoms with Gasteiger partial charge in [0.15, 0.2) is 0 Å². The van der Waals surface area contributed by atoms with Gasteiger partial charge in [-0.05, 0) is 63.6 Å². The van der Waals surface area contributed by atoms with Gasteiger partial charge in [-0.25, -0.2) is 9.67 Å². The van der Waals surface area contributed by atoms with Crippen molar-refractivity contribution in [1.82, 2.24) is 24.3 Å². The molecule has 38 heavy (non-hydrogen) atoms.